The molecule has 0 aliphatic rings. The first-order chi connectivity index (χ1) is 9.62. The minimum atomic E-state index is -0.460. The molecule has 108 valence electrons. The van der Waals surface area contributed by atoms with Crippen LogP contribution >= 0.6 is 22.6 Å². The standard InChI is InChI=1S/C14H17IN2O3/c1-3-20-14(18)12(8-16)13(15)17-9-10-4-6-11(19-2)7-5-10/h4-8H,3,9,16H2,1-2H3/b12-8+,17-13?. The molecule has 0 aromatic heterocycles. The third-order valence-corrected chi connectivity index (χ3v) is 3.37. The molecule has 0 amide bonds. The summed E-state index contributed by atoms with van der Waals surface area (Å²) in [6.07, 6.45) is 1.22. The zero-order valence-corrected chi connectivity index (χ0v) is 13.6. The molecule has 6 heteroatoms. The van der Waals surface area contributed by atoms with Crippen molar-refractivity contribution in [3.63, 3.8) is 0 Å². The lowest BCUT2D eigenvalue weighted by Gasteiger charge is -2.05. The van der Waals surface area contributed by atoms with Gasteiger partial charge in [-0.3, -0.25) is 4.99 Å². The molecule has 1 rings (SSSR count). The first-order valence-electron chi connectivity index (χ1n) is 6.04. The van der Waals surface area contributed by atoms with Crippen molar-refractivity contribution in [2.24, 2.45) is 10.7 Å². The Hall–Kier alpha value is -1.57. The Balaban J connectivity index is 2.74. The van der Waals surface area contributed by atoms with Crippen LogP contribution in [0, 0.1) is 0 Å². The number of carbonyl (C=O) groups excluding carboxylic acids is 1. The highest BCUT2D eigenvalue weighted by atomic mass is 127. The fraction of sp³-hybridized carbons (Fsp3) is 0.286. The molecule has 0 heterocycles. The van der Waals surface area contributed by atoms with Crippen LogP contribution in [0.5, 0.6) is 5.75 Å². The van der Waals surface area contributed by atoms with Gasteiger partial charge >= 0.3 is 5.97 Å². The van der Waals surface area contributed by atoms with Gasteiger partial charge in [0.2, 0.25) is 0 Å². The summed E-state index contributed by atoms with van der Waals surface area (Å²) in [5.41, 5.74) is 6.74. The number of nitrogens with two attached hydrogens (primary N) is 1. The smallest absolute Gasteiger partial charge is 0.342 e. The normalized spacial score (nSPS) is 12.2. The van der Waals surface area contributed by atoms with E-state index in [4.69, 9.17) is 15.2 Å². The summed E-state index contributed by atoms with van der Waals surface area (Å²) >= 11 is 1.98. The van der Waals surface area contributed by atoms with Gasteiger partial charge in [-0.1, -0.05) is 12.1 Å². The van der Waals surface area contributed by atoms with Crippen molar-refractivity contribution in [2.75, 3.05) is 13.7 Å². The average Bonchev–Trinajstić information content (AvgIpc) is 2.46. The van der Waals surface area contributed by atoms with E-state index in [0.717, 1.165) is 11.3 Å². The van der Waals surface area contributed by atoms with Crippen LogP contribution in [0.2, 0.25) is 0 Å². The summed E-state index contributed by atoms with van der Waals surface area (Å²) in [4.78, 5) is 16.0. The molecule has 0 unspecified atom stereocenters. The van der Waals surface area contributed by atoms with Crippen LogP contribution in [0.3, 0.4) is 0 Å². The zero-order valence-electron chi connectivity index (χ0n) is 11.4. The second-order valence-electron chi connectivity index (χ2n) is 3.76. The molecule has 1 aromatic rings. The molecule has 0 saturated heterocycles. The summed E-state index contributed by atoms with van der Waals surface area (Å²) in [5.74, 6) is 0.333. The molecule has 2 N–H and O–H groups in total. The summed E-state index contributed by atoms with van der Waals surface area (Å²) in [7, 11) is 1.62. The predicted molar refractivity (Wildman–Crippen MR) is 87.1 cm³/mol. The lowest BCUT2D eigenvalue weighted by atomic mass is 10.2. The van der Waals surface area contributed by atoms with Crippen LogP contribution in [0.4, 0.5) is 0 Å². The van der Waals surface area contributed by atoms with E-state index in [-0.39, 0.29) is 5.57 Å². The maximum absolute atomic E-state index is 11.6. The lowest BCUT2D eigenvalue weighted by Crippen LogP contribution is -2.14. The van der Waals surface area contributed by atoms with E-state index in [0.29, 0.717) is 16.9 Å². The van der Waals surface area contributed by atoms with Gasteiger partial charge in [0.25, 0.3) is 0 Å². The van der Waals surface area contributed by atoms with E-state index in [2.05, 4.69) is 4.99 Å². The molecule has 0 aliphatic heterocycles. The molecule has 0 fully saturated rings. The van der Waals surface area contributed by atoms with Crippen LogP contribution in [-0.4, -0.2) is 23.4 Å². The van der Waals surface area contributed by atoms with E-state index >= 15 is 0 Å². The summed E-state index contributed by atoms with van der Waals surface area (Å²) in [5, 5.41) is 0. The second-order valence-corrected chi connectivity index (χ2v) is 4.78. The van der Waals surface area contributed by atoms with E-state index in [1.165, 1.54) is 6.20 Å². The van der Waals surface area contributed by atoms with E-state index in [1.54, 1.807) is 14.0 Å². The largest absolute Gasteiger partial charge is 0.497 e. The number of aliphatic imine (C=N–C) groups is 1. The highest BCUT2D eigenvalue weighted by Gasteiger charge is 2.14. The third-order valence-electron chi connectivity index (χ3n) is 2.44. The first kappa shape index (κ1) is 16.5. The highest BCUT2D eigenvalue weighted by Crippen LogP contribution is 2.14. The number of benzene rings is 1. The lowest BCUT2D eigenvalue weighted by molar-refractivity contribution is -0.137. The number of carbonyl (C=O) groups is 1. The number of hydrogen-bond donors (Lipinski definition) is 1. The van der Waals surface area contributed by atoms with Gasteiger partial charge < -0.3 is 15.2 Å². The Bertz CT molecular complexity index is 510. The monoisotopic (exact) mass is 388 g/mol. The molecular formula is C14H17IN2O3. The topological polar surface area (TPSA) is 73.9 Å². The van der Waals surface area contributed by atoms with Crippen molar-refractivity contribution < 1.29 is 14.3 Å². The molecule has 0 atom stereocenters. The second kappa shape index (κ2) is 8.57. The Labute approximate surface area is 132 Å². The zero-order chi connectivity index (χ0) is 15.0. The Morgan fingerprint density at radius 1 is 1.40 bits per heavy atom. The summed E-state index contributed by atoms with van der Waals surface area (Å²) in [6, 6.07) is 7.57. The molecule has 0 radical (unpaired) electrons. The van der Waals surface area contributed by atoms with Gasteiger partial charge in [0.1, 0.15) is 15.0 Å². The minimum Gasteiger partial charge on any atom is -0.497 e. The third kappa shape index (κ3) is 4.84. The quantitative estimate of drug-likeness (QED) is 0.352. The molecule has 0 saturated carbocycles. The maximum Gasteiger partial charge on any atom is 0.342 e. The van der Waals surface area contributed by atoms with Crippen molar-refractivity contribution in [3.8, 4) is 5.75 Å². The van der Waals surface area contributed by atoms with Crippen LogP contribution in [0.15, 0.2) is 41.0 Å². The number of nitrogens with zero attached hydrogens (tertiary/aromatic N) is 1. The number of hydrogen-bond acceptors (Lipinski definition) is 5. The van der Waals surface area contributed by atoms with Gasteiger partial charge in [-0.2, -0.15) is 0 Å². The molecule has 0 spiro atoms. The van der Waals surface area contributed by atoms with Crippen molar-refractivity contribution in [3.05, 3.63) is 41.6 Å². The fourth-order valence-corrected chi connectivity index (χ4v) is 1.98. The molecular weight excluding hydrogens is 371 g/mol. The SMILES string of the molecule is CCOC(=O)/C(=C/N)C(I)=NCc1ccc(OC)cc1. The highest BCUT2D eigenvalue weighted by molar-refractivity contribution is 14.1. The van der Waals surface area contributed by atoms with Crippen LogP contribution in [-0.2, 0) is 16.1 Å². The van der Waals surface area contributed by atoms with Gasteiger partial charge in [0.05, 0.1) is 20.3 Å². The summed E-state index contributed by atoms with van der Waals surface area (Å²) in [6.45, 7) is 2.50. The maximum atomic E-state index is 11.6. The molecule has 0 aliphatic carbocycles. The minimum absolute atomic E-state index is 0.279. The average molecular weight is 388 g/mol. The number of ether oxygens (including phenoxy) is 2. The van der Waals surface area contributed by atoms with Crippen LogP contribution in [0.1, 0.15) is 12.5 Å². The van der Waals surface area contributed by atoms with Crippen LogP contribution in [0.25, 0.3) is 0 Å². The molecule has 1 aromatic carbocycles. The molecule has 5 nitrogen and oxygen atoms in total. The van der Waals surface area contributed by atoms with Crippen molar-refractivity contribution in [2.45, 2.75) is 13.5 Å². The predicted octanol–water partition coefficient (Wildman–Crippen LogP) is 2.43. The molecule has 20 heavy (non-hydrogen) atoms. The molecule has 0 bridgehead atoms. The fourth-order valence-electron chi connectivity index (χ4n) is 1.41. The number of halogens is 1. The number of esters is 1. The number of methoxy groups -OCH3 is 1. The van der Waals surface area contributed by atoms with E-state index in [9.17, 15) is 4.79 Å². The summed E-state index contributed by atoms with van der Waals surface area (Å²) < 4.78 is 10.5. The van der Waals surface area contributed by atoms with Crippen LogP contribution < -0.4 is 10.5 Å². The van der Waals surface area contributed by atoms with Crippen molar-refractivity contribution in [1.82, 2.24) is 0 Å². The van der Waals surface area contributed by atoms with Crippen molar-refractivity contribution >= 4 is 32.3 Å². The Kier molecular flexibility index (Phi) is 7.06. The Morgan fingerprint density at radius 2 is 2.05 bits per heavy atom. The van der Waals surface area contributed by atoms with Gasteiger partial charge in [-0.25, -0.2) is 4.79 Å². The Morgan fingerprint density at radius 3 is 2.55 bits per heavy atom. The van der Waals surface area contributed by atoms with Crippen molar-refractivity contribution in [1.29, 1.82) is 0 Å². The number of rotatable bonds is 6. The van der Waals surface area contributed by atoms with E-state index in [1.807, 2.05) is 46.9 Å². The van der Waals surface area contributed by atoms with E-state index < -0.39 is 5.97 Å². The first-order valence-corrected chi connectivity index (χ1v) is 7.12. The van der Waals surface area contributed by atoms with Gasteiger partial charge in [-0.15, -0.1) is 0 Å². The van der Waals surface area contributed by atoms with Gasteiger partial charge in [-0.05, 0) is 47.2 Å². The van der Waals surface area contributed by atoms with Gasteiger partial charge in [0.15, 0.2) is 0 Å². The van der Waals surface area contributed by atoms with Gasteiger partial charge in [0, 0.05) is 6.20 Å².